The molecule has 0 spiro atoms. The Morgan fingerprint density at radius 3 is 2.23 bits per heavy atom. The van der Waals surface area contributed by atoms with Gasteiger partial charge in [0.05, 0.1) is 18.4 Å². The Morgan fingerprint density at radius 1 is 0.872 bits per heavy atom. The highest BCUT2D eigenvalue weighted by Gasteiger charge is 2.51. The van der Waals surface area contributed by atoms with Gasteiger partial charge in [-0.1, -0.05) is 42.5 Å². The lowest BCUT2D eigenvalue weighted by molar-refractivity contribution is -0.129. The lowest BCUT2D eigenvalue weighted by Crippen LogP contribution is -2.44. The largest absolute Gasteiger partial charge is 0.507 e. The molecule has 1 fully saturated rings. The topological polar surface area (TPSA) is 154 Å². The third-order valence-electron chi connectivity index (χ3n) is 9.25. The van der Waals surface area contributed by atoms with Crippen molar-refractivity contribution < 1.29 is 34.4 Å². The molecule has 47 heavy (non-hydrogen) atoms. The normalized spacial score (nSPS) is 19.1. The first-order valence-corrected chi connectivity index (χ1v) is 15.3. The van der Waals surface area contributed by atoms with Gasteiger partial charge in [-0.2, -0.15) is 0 Å². The molecule has 3 aromatic carbocycles. The SMILES string of the molecule is COc1ccc(CN(C)Cc2ccccc2)cc1-c1ccc(O)c2c1CC1CC3=C(N(C)C)C(O)=C(C(N)=O)C(=O)C3C(=O)C1=C2O. The second kappa shape index (κ2) is 12.1. The van der Waals surface area contributed by atoms with Crippen LogP contribution in [0.4, 0.5) is 0 Å². The Labute approximate surface area is 272 Å². The van der Waals surface area contributed by atoms with E-state index in [4.69, 9.17) is 10.5 Å². The summed E-state index contributed by atoms with van der Waals surface area (Å²) in [6.45, 7) is 1.41. The monoisotopic (exact) mass is 635 g/mol. The molecule has 2 unspecified atom stereocenters. The molecular weight excluding hydrogens is 598 g/mol. The van der Waals surface area contributed by atoms with Gasteiger partial charge in [-0.25, -0.2) is 0 Å². The van der Waals surface area contributed by atoms with Gasteiger partial charge in [0, 0.05) is 38.3 Å². The fourth-order valence-electron chi connectivity index (χ4n) is 7.34. The summed E-state index contributed by atoms with van der Waals surface area (Å²) in [7, 11) is 6.90. The van der Waals surface area contributed by atoms with Gasteiger partial charge in [0.2, 0.25) is 0 Å². The van der Waals surface area contributed by atoms with Crippen LogP contribution in [0.1, 0.15) is 28.7 Å². The first-order valence-electron chi connectivity index (χ1n) is 15.3. The second-order valence-corrected chi connectivity index (χ2v) is 12.6. The number of aromatic hydroxyl groups is 1. The number of nitrogens with two attached hydrogens (primary N) is 1. The number of hydrogen-bond acceptors (Lipinski definition) is 9. The summed E-state index contributed by atoms with van der Waals surface area (Å²) in [6, 6.07) is 19.4. The van der Waals surface area contributed by atoms with Gasteiger partial charge in [-0.05, 0) is 71.8 Å². The van der Waals surface area contributed by atoms with Gasteiger partial charge in [0.15, 0.2) is 17.3 Å². The molecule has 1 amide bonds. The number of ketones is 2. The zero-order valence-corrected chi connectivity index (χ0v) is 26.7. The minimum atomic E-state index is -1.42. The number of aliphatic hydroxyl groups excluding tert-OH is 2. The molecule has 0 saturated heterocycles. The van der Waals surface area contributed by atoms with Crippen LogP contribution in [-0.4, -0.2) is 70.8 Å². The number of fused-ring (bicyclic) bond motifs is 3. The lowest BCUT2D eigenvalue weighted by atomic mass is 9.64. The molecule has 3 aliphatic rings. The van der Waals surface area contributed by atoms with Crippen molar-refractivity contribution in [3.8, 4) is 22.6 Å². The van der Waals surface area contributed by atoms with Crippen LogP contribution in [0, 0.1) is 11.8 Å². The number of hydrogen-bond donors (Lipinski definition) is 4. The summed E-state index contributed by atoms with van der Waals surface area (Å²) in [4.78, 5) is 43.4. The number of aliphatic hydroxyl groups is 2. The van der Waals surface area contributed by atoms with Crippen LogP contribution in [0.15, 0.2) is 88.8 Å². The van der Waals surface area contributed by atoms with Crippen LogP contribution in [0.5, 0.6) is 11.5 Å². The Balaban J connectivity index is 1.44. The summed E-state index contributed by atoms with van der Waals surface area (Å²) >= 11 is 0. The maximum absolute atomic E-state index is 14.1. The number of rotatable bonds is 8. The number of carbonyl (C=O) groups excluding carboxylic acids is 3. The van der Waals surface area contributed by atoms with Crippen molar-refractivity contribution in [2.75, 3.05) is 28.3 Å². The van der Waals surface area contributed by atoms with E-state index in [0.717, 1.165) is 23.2 Å². The maximum atomic E-state index is 14.1. The molecule has 0 aliphatic heterocycles. The summed E-state index contributed by atoms with van der Waals surface area (Å²) in [5, 5.41) is 33.7. The summed E-state index contributed by atoms with van der Waals surface area (Å²) in [5.41, 5.74) is 9.83. The van der Waals surface area contributed by atoms with E-state index in [1.807, 2.05) is 43.4 Å². The molecule has 0 aromatic heterocycles. The standard InChI is InChI=1S/C37H37N3O7/c1-39(2)32-25-16-21-15-24-22(23-14-20(10-13-27(23)47-4)18-40(3)17-19-8-6-5-7-9-19)11-12-26(41)29(24)33(42)28(21)34(43)30(25)35(44)31(36(32)45)37(38)46/h5-14,21,30,41-42,45H,15-18H2,1-4H3,(H2,38,46). The van der Waals surface area contributed by atoms with Crippen LogP contribution >= 0.6 is 0 Å². The van der Waals surface area contributed by atoms with Gasteiger partial charge in [0.25, 0.3) is 5.91 Å². The molecule has 0 bridgehead atoms. The predicted octanol–water partition coefficient (Wildman–Crippen LogP) is 4.43. The number of ether oxygens (including phenoxy) is 1. The third kappa shape index (κ3) is 5.34. The molecule has 0 radical (unpaired) electrons. The van der Waals surface area contributed by atoms with Crippen LogP contribution < -0.4 is 10.5 Å². The van der Waals surface area contributed by atoms with E-state index in [0.29, 0.717) is 23.4 Å². The highest BCUT2D eigenvalue weighted by Crippen LogP contribution is 2.51. The predicted molar refractivity (Wildman–Crippen MR) is 176 cm³/mol. The van der Waals surface area contributed by atoms with E-state index in [2.05, 4.69) is 17.0 Å². The molecular formula is C37H37N3O7. The maximum Gasteiger partial charge on any atom is 0.256 e. The van der Waals surface area contributed by atoms with Gasteiger partial charge >= 0.3 is 0 Å². The first-order chi connectivity index (χ1) is 22.4. The average molecular weight is 636 g/mol. The molecule has 6 rings (SSSR count). The average Bonchev–Trinajstić information content (AvgIpc) is 3.01. The van der Waals surface area contributed by atoms with Gasteiger partial charge in [-0.15, -0.1) is 0 Å². The summed E-state index contributed by atoms with van der Waals surface area (Å²) < 4.78 is 5.77. The molecule has 5 N–H and O–H groups in total. The highest BCUT2D eigenvalue weighted by molar-refractivity contribution is 6.30. The fraction of sp³-hybridized carbons (Fsp3) is 0.270. The molecule has 3 aliphatic carbocycles. The summed E-state index contributed by atoms with van der Waals surface area (Å²) in [6.07, 6.45) is 0.408. The van der Waals surface area contributed by atoms with Crippen molar-refractivity contribution in [1.29, 1.82) is 0 Å². The van der Waals surface area contributed by atoms with Crippen molar-refractivity contribution in [3.63, 3.8) is 0 Å². The highest BCUT2D eigenvalue weighted by atomic mass is 16.5. The molecule has 10 nitrogen and oxygen atoms in total. The van der Waals surface area contributed by atoms with Gasteiger partial charge in [-0.3, -0.25) is 19.3 Å². The first kappa shape index (κ1) is 31.6. The number of Topliss-reactive ketones (excluding diaryl/α,β-unsaturated/α-hetero) is 2. The number of primary amides is 1. The fourth-order valence-corrected chi connectivity index (χ4v) is 7.34. The van der Waals surface area contributed by atoms with Crippen molar-refractivity contribution in [1.82, 2.24) is 9.80 Å². The number of allylic oxidation sites excluding steroid dienone is 2. The summed E-state index contributed by atoms with van der Waals surface area (Å²) in [5.74, 6) is -5.29. The minimum absolute atomic E-state index is 0.0126. The zero-order valence-electron chi connectivity index (χ0n) is 26.7. The number of phenols is 1. The van der Waals surface area contributed by atoms with Crippen LogP contribution in [-0.2, 0) is 33.9 Å². The van der Waals surface area contributed by atoms with Crippen LogP contribution in [0.3, 0.4) is 0 Å². The Bertz CT molecular complexity index is 1920. The second-order valence-electron chi connectivity index (χ2n) is 12.6. The molecule has 242 valence electrons. The molecule has 0 heterocycles. The van der Waals surface area contributed by atoms with Crippen LogP contribution in [0.25, 0.3) is 16.9 Å². The number of carbonyl (C=O) groups is 3. The number of likely N-dealkylation sites (N-methyl/N-ethyl adjacent to an activating group) is 1. The van der Waals surface area contributed by atoms with E-state index in [1.54, 1.807) is 32.2 Å². The van der Waals surface area contributed by atoms with E-state index < -0.39 is 46.4 Å². The van der Waals surface area contributed by atoms with E-state index in [1.165, 1.54) is 11.6 Å². The van der Waals surface area contributed by atoms with Crippen molar-refractivity contribution in [2.24, 2.45) is 17.6 Å². The number of amides is 1. The van der Waals surface area contributed by atoms with E-state index >= 15 is 0 Å². The number of nitrogens with zero attached hydrogens (tertiary/aromatic N) is 2. The van der Waals surface area contributed by atoms with Crippen molar-refractivity contribution in [3.05, 3.63) is 111 Å². The Kier molecular flexibility index (Phi) is 8.15. The lowest BCUT2D eigenvalue weighted by Gasteiger charge is -2.40. The van der Waals surface area contributed by atoms with E-state index in [-0.39, 0.29) is 35.4 Å². The molecule has 3 aromatic rings. The number of benzene rings is 3. The molecule has 1 saturated carbocycles. The molecule has 10 heteroatoms. The zero-order chi connectivity index (χ0) is 33.7. The molecule has 2 atom stereocenters. The Morgan fingerprint density at radius 2 is 1.57 bits per heavy atom. The number of methoxy groups -OCH3 is 1. The Hall–Kier alpha value is -5.35. The quantitative estimate of drug-likeness (QED) is 0.208. The van der Waals surface area contributed by atoms with Crippen LogP contribution in [0.2, 0.25) is 0 Å². The minimum Gasteiger partial charge on any atom is -0.507 e. The van der Waals surface area contributed by atoms with Gasteiger partial charge in [0.1, 0.15) is 28.7 Å². The van der Waals surface area contributed by atoms with E-state index in [9.17, 15) is 29.7 Å². The smallest absolute Gasteiger partial charge is 0.256 e. The third-order valence-corrected chi connectivity index (χ3v) is 9.25. The van der Waals surface area contributed by atoms with Gasteiger partial charge < -0.3 is 30.7 Å². The van der Waals surface area contributed by atoms with Crippen molar-refractivity contribution >= 4 is 23.2 Å². The number of phenolic OH excluding ortho intramolecular Hbond substituents is 1. The van der Waals surface area contributed by atoms with Crippen molar-refractivity contribution in [2.45, 2.75) is 25.9 Å².